The fraction of sp³-hybridized carbons (Fsp3) is 0.562. The van der Waals surface area contributed by atoms with E-state index in [1.807, 2.05) is 0 Å². The Bertz CT molecular complexity index is 672. The molecule has 0 aliphatic heterocycles. The van der Waals surface area contributed by atoms with Crippen molar-refractivity contribution in [3.8, 4) is 0 Å². The van der Waals surface area contributed by atoms with E-state index < -0.39 is 16.1 Å². The first-order valence-electron chi connectivity index (χ1n) is 7.73. The van der Waals surface area contributed by atoms with Crippen molar-refractivity contribution in [1.29, 1.82) is 0 Å². The lowest BCUT2D eigenvalue weighted by Crippen LogP contribution is -2.50. The summed E-state index contributed by atoms with van der Waals surface area (Å²) in [6.45, 7) is 1.62. The topological polar surface area (TPSA) is 57.7 Å². The molecular weight excluding hydrogens is 336 g/mol. The van der Waals surface area contributed by atoms with Crippen molar-refractivity contribution >= 4 is 33.2 Å². The molecule has 1 aromatic rings. The maximum absolute atomic E-state index is 12.8. The summed E-state index contributed by atoms with van der Waals surface area (Å²) in [4.78, 5) is 14.5. The molecule has 5 nitrogen and oxygen atoms in total. The molecule has 0 saturated heterocycles. The molecule has 1 aliphatic rings. The summed E-state index contributed by atoms with van der Waals surface area (Å²) < 4.78 is 25.6. The van der Waals surface area contributed by atoms with E-state index in [0.717, 1.165) is 36.2 Å². The predicted octanol–water partition coefficient (Wildman–Crippen LogP) is 2.90. The van der Waals surface area contributed by atoms with E-state index in [9.17, 15) is 13.2 Å². The molecule has 0 spiro atoms. The van der Waals surface area contributed by atoms with Crippen molar-refractivity contribution < 1.29 is 13.2 Å². The predicted molar refractivity (Wildman–Crippen MR) is 93.3 cm³/mol. The standard InChI is InChI=1S/C16H23ClN2O3S/c1-12(16(20)18(2)14-8-4-5-9-14)19(23(3,21)22)15-10-6-7-13(17)11-15/h6-7,10-12,14H,4-5,8-9H2,1-3H3. The van der Waals surface area contributed by atoms with E-state index in [1.54, 1.807) is 43.1 Å². The lowest BCUT2D eigenvalue weighted by molar-refractivity contribution is -0.132. The summed E-state index contributed by atoms with van der Waals surface area (Å²) in [5, 5.41) is 0.431. The van der Waals surface area contributed by atoms with Crippen LogP contribution in [-0.4, -0.2) is 44.6 Å². The number of likely N-dealkylation sites (N-methyl/N-ethyl adjacent to an activating group) is 1. The fourth-order valence-electron chi connectivity index (χ4n) is 3.18. The maximum atomic E-state index is 12.8. The van der Waals surface area contributed by atoms with E-state index in [-0.39, 0.29) is 11.9 Å². The van der Waals surface area contributed by atoms with Gasteiger partial charge in [-0.3, -0.25) is 9.10 Å². The van der Waals surface area contributed by atoms with Crippen LogP contribution in [0.5, 0.6) is 0 Å². The third-order valence-electron chi connectivity index (χ3n) is 4.35. The number of hydrogen-bond donors (Lipinski definition) is 0. The highest BCUT2D eigenvalue weighted by atomic mass is 35.5. The number of benzene rings is 1. The smallest absolute Gasteiger partial charge is 0.246 e. The molecule has 1 atom stereocenters. The molecule has 7 heteroatoms. The van der Waals surface area contributed by atoms with E-state index in [0.29, 0.717) is 10.7 Å². The Morgan fingerprint density at radius 3 is 2.43 bits per heavy atom. The Hall–Kier alpha value is -1.27. The van der Waals surface area contributed by atoms with E-state index in [1.165, 1.54) is 0 Å². The molecule has 1 saturated carbocycles. The Balaban J connectivity index is 2.30. The van der Waals surface area contributed by atoms with E-state index in [4.69, 9.17) is 11.6 Å². The van der Waals surface area contributed by atoms with E-state index >= 15 is 0 Å². The van der Waals surface area contributed by atoms with Gasteiger partial charge in [-0.15, -0.1) is 0 Å². The number of nitrogens with zero attached hydrogens (tertiary/aromatic N) is 2. The van der Waals surface area contributed by atoms with Gasteiger partial charge in [-0.2, -0.15) is 0 Å². The molecule has 1 aliphatic carbocycles. The number of rotatable bonds is 5. The van der Waals surface area contributed by atoms with Crippen molar-refractivity contribution in [1.82, 2.24) is 4.90 Å². The first kappa shape index (κ1) is 18.1. The highest BCUT2D eigenvalue weighted by Gasteiger charge is 2.33. The third kappa shape index (κ3) is 4.18. The Morgan fingerprint density at radius 2 is 1.91 bits per heavy atom. The minimum Gasteiger partial charge on any atom is -0.341 e. The second-order valence-corrected chi connectivity index (χ2v) is 8.40. The summed E-state index contributed by atoms with van der Waals surface area (Å²) in [6.07, 6.45) is 5.28. The van der Waals surface area contributed by atoms with Crippen LogP contribution in [0.2, 0.25) is 5.02 Å². The fourth-order valence-corrected chi connectivity index (χ4v) is 4.53. The number of carbonyl (C=O) groups is 1. The lowest BCUT2D eigenvalue weighted by Gasteiger charge is -2.33. The summed E-state index contributed by atoms with van der Waals surface area (Å²) >= 11 is 5.97. The molecule has 128 valence electrons. The summed E-state index contributed by atoms with van der Waals surface area (Å²) in [5.74, 6) is -0.192. The van der Waals surface area contributed by atoms with Gasteiger partial charge < -0.3 is 4.90 Å². The average molecular weight is 359 g/mol. The highest BCUT2D eigenvalue weighted by Crippen LogP contribution is 2.27. The van der Waals surface area contributed by atoms with Crippen LogP contribution in [0.1, 0.15) is 32.6 Å². The summed E-state index contributed by atoms with van der Waals surface area (Å²) in [6, 6.07) is 5.93. The van der Waals surface area contributed by atoms with Crippen molar-refractivity contribution in [2.45, 2.75) is 44.7 Å². The van der Waals surface area contributed by atoms with Crippen LogP contribution in [-0.2, 0) is 14.8 Å². The number of anilines is 1. The largest absolute Gasteiger partial charge is 0.341 e. The first-order valence-corrected chi connectivity index (χ1v) is 9.96. The van der Waals surface area contributed by atoms with Crippen molar-refractivity contribution in [3.05, 3.63) is 29.3 Å². The quantitative estimate of drug-likeness (QED) is 0.813. The maximum Gasteiger partial charge on any atom is 0.246 e. The van der Waals surface area contributed by atoms with Gasteiger partial charge in [-0.05, 0) is 38.0 Å². The summed E-state index contributed by atoms with van der Waals surface area (Å²) in [5.41, 5.74) is 0.403. The van der Waals surface area contributed by atoms with Crippen LogP contribution >= 0.6 is 11.6 Å². The SMILES string of the molecule is CC(C(=O)N(C)C1CCCC1)N(c1cccc(Cl)c1)S(C)(=O)=O. The number of hydrogen-bond acceptors (Lipinski definition) is 3. The van der Waals surface area contributed by atoms with Gasteiger partial charge in [0, 0.05) is 18.1 Å². The number of sulfonamides is 1. The molecule has 1 amide bonds. The first-order chi connectivity index (χ1) is 10.7. The summed E-state index contributed by atoms with van der Waals surface area (Å²) in [7, 11) is -1.85. The molecule has 23 heavy (non-hydrogen) atoms. The van der Waals surface area contributed by atoms with Crippen LogP contribution in [0.25, 0.3) is 0 Å². The van der Waals surface area contributed by atoms with Gasteiger partial charge in [0.2, 0.25) is 15.9 Å². The van der Waals surface area contributed by atoms with Gasteiger partial charge in [0.25, 0.3) is 0 Å². The molecular formula is C16H23ClN2O3S. The molecule has 0 N–H and O–H groups in total. The zero-order chi connectivity index (χ0) is 17.2. The van der Waals surface area contributed by atoms with Gasteiger partial charge in [0.15, 0.2) is 0 Å². The van der Waals surface area contributed by atoms with Gasteiger partial charge in [0.05, 0.1) is 11.9 Å². The minimum atomic E-state index is -3.61. The molecule has 0 radical (unpaired) electrons. The van der Waals surface area contributed by atoms with Crippen LogP contribution in [0.3, 0.4) is 0 Å². The Labute approximate surface area is 143 Å². The molecule has 0 heterocycles. The van der Waals surface area contributed by atoms with E-state index in [2.05, 4.69) is 0 Å². The van der Waals surface area contributed by atoms with Crippen LogP contribution in [0.4, 0.5) is 5.69 Å². The third-order valence-corrected chi connectivity index (χ3v) is 5.83. The lowest BCUT2D eigenvalue weighted by atomic mass is 10.2. The number of amides is 1. The van der Waals surface area contributed by atoms with Gasteiger partial charge in [0.1, 0.15) is 6.04 Å². The minimum absolute atomic E-state index is 0.192. The Kier molecular flexibility index (Phi) is 5.57. The molecule has 1 fully saturated rings. The van der Waals surface area contributed by atoms with Crippen LogP contribution < -0.4 is 4.31 Å². The second-order valence-electron chi connectivity index (χ2n) is 6.10. The molecule has 0 aromatic heterocycles. The second kappa shape index (κ2) is 7.09. The Morgan fingerprint density at radius 1 is 1.30 bits per heavy atom. The zero-order valence-corrected chi connectivity index (χ0v) is 15.3. The number of carbonyl (C=O) groups excluding carboxylic acids is 1. The van der Waals surface area contributed by atoms with Crippen molar-refractivity contribution in [3.63, 3.8) is 0 Å². The van der Waals surface area contributed by atoms with Gasteiger partial charge >= 0.3 is 0 Å². The molecule has 2 rings (SSSR count). The molecule has 1 unspecified atom stereocenters. The zero-order valence-electron chi connectivity index (χ0n) is 13.7. The van der Waals surface area contributed by atoms with Gasteiger partial charge in [-0.1, -0.05) is 30.5 Å². The highest BCUT2D eigenvalue weighted by molar-refractivity contribution is 7.92. The van der Waals surface area contributed by atoms with Crippen molar-refractivity contribution in [2.75, 3.05) is 17.6 Å². The normalized spacial score (nSPS) is 17.0. The van der Waals surface area contributed by atoms with Gasteiger partial charge in [-0.25, -0.2) is 8.42 Å². The number of halogens is 1. The molecule has 0 bridgehead atoms. The van der Waals surface area contributed by atoms with Crippen LogP contribution in [0.15, 0.2) is 24.3 Å². The van der Waals surface area contributed by atoms with Crippen molar-refractivity contribution in [2.24, 2.45) is 0 Å². The monoisotopic (exact) mass is 358 g/mol. The van der Waals surface area contributed by atoms with Crippen LogP contribution in [0, 0.1) is 0 Å². The average Bonchev–Trinajstić information content (AvgIpc) is 2.98. The molecule has 1 aromatic carbocycles.